The van der Waals surface area contributed by atoms with Crippen molar-refractivity contribution in [1.82, 2.24) is 15.3 Å². The van der Waals surface area contributed by atoms with E-state index in [1.54, 1.807) is 6.33 Å². The number of nitrogens with one attached hydrogen (secondary N) is 2. The topological polar surface area (TPSA) is 40.7 Å². The van der Waals surface area contributed by atoms with Gasteiger partial charge in [0.1, 0.15) is 0 Å². The molecule has 1 aliphatic rings. The fourth-order valence-electron chi connectivity index (χ4n) is 1.66. The van der Waals surface area contributed by atoms with Gasteiger partial charge < -0.3 is 10.3 Å². The molecular formula is C13H17N3. The molecule has 84 valence electrons. The summed E-state index contributed by atoms with van der Waals surface area (Å²) in [5, 5.41) is 3.22. The first-order chi connectivity index (χ1) is 7.97. The molecule has 1 fully saturated rings. The highest BCUT2D eigenvalue weighted by Gasteiger charge is 1.94. The van der Waals surface area contributed by atoms with Crippen LogP contribution in [-0.4, -0.2) is 23.1 Å². The Bertz CT molecular complexity index is 369. The molecule has 2 aromatic rings. The van der Waals surface area contributed by atoms with E-state index in [1.807, 2.05) is 36.5 Å². The maximum absolute atomic E-state index is 3.94. The summed E-state index contributed by atoms with van der Waals surface area (Å²) in [5.74, 6) is 0. The lowest BCUT2D eigenvalue weighted by molar-refractivity contribution is 0.857. The van der Waals surface area contributed by atoms with Crippen LogP contribution in [0.4, 0.5) is 0 Å². The van der Waals surface area contributed by atoms with Crippen LogP contribution in [0.3, 0.4) is 0 Å². The Labute approximate surface area is 95.9 Å². The van der Waals surface area contributed by atoms with Crippen molar-refractivity contribution >= 4 is 0 Å². The highest BCUT2D eigenvalue weighted by atomic mass is 14.9. The lowest BCUT2D eigenvalue weighted by Gasteiger charge is -1.93. The van der Waals surface area contributed by atoms with Gasteiger partial charge in [-0.2, -0.15) is 0 Å². The Hall–Kier alpha value is -1.61. The number of aromatic amines is 1. The molecule has 3 rings (SSSR count). The van der Waals surface area contributed by atoms with Crippen LogP contribution in [0.25, 0.3) is 11.3 Å². The second kappa shape index (κ2) is 6.08. The van der Waals surface area contributed by atoms with E-state index in [1.165, 1.54) is 31.5 Å². The normalized spacial score (nSPS) is 14.2. The molecule has 0 saturated carbocycles. The molecule has 1 saturated heterocycles. The van der Waals surface area contributed by atoms with Crippen LogP contribution in [0, 0.1) is 0 Å². The van der Waals surface area contributed by atoms with E-state index >= 15 is 0 Å². The smallest absolute Gasteiger partial charge is 0.0924 e. The number of hydrogen-bond donors (Lipinski definition) is 2. The van der Waals surface area contributed by atoms with E-state index in [4.69, 9.17) is 0 Å². The Morgan fingerprint density at radius 2 is 1.75 bits per heavy atom. The molecule has 0 bridgehead atoms. The average Bonchev–Trinajstić information content (AvgIpc) is 3.07. The number of hydrogen-bond acceptors (Lipinski definition) is 2. The summed E-state index contributed by atoms with van der Waals surface area (Å²) in [5.41, 5.74) is 2.23. The zero-order valence-corrected chi connectivity index (χ0v) is 9.32. The second-order valence-corrected chi connectivity index (χ2v) is 3.79. The van der Waals surface area contributed by atoms with E-state index < -0.39 is 0 Å². The van der Waals surface area contributed by atoms with Crippen LogP contribution >= 0.6 is 0 Å². The van der Waals surface area contributed by atoms with Gasteiger partial charge in [-0.15, -0.1) is 0 Å². The highest BCUT2D eigenvalue weighted by molar-refractivity contribution is 5.57. The minimum absolute atomic E-state index is 1.06. The Balaban J connectivity index is 0.000000162. The molecule has 2 heterocycles. The minimum atomic E-state index is 1.06. The molecule has 2 N–H and O–H groups in total. The maximum Gasteiger partial charge on any atom is 0.0924 e. The molecule has 1 aromatic carbocycles. The largest absolute Gasteiger partial charge is 0.345 e. The average molecular weight is 215 g/mol. The number of aromatic nitrogens is 2. The van der Waals surface area contributed by atoms with Crippen LogP contribution in [0.5, 0.6) is 0 Å². The monoisotopic (exact) mass is 215 g/mol. The van der Waals surface area contributed by atoms with Gasteiger partial charge in [0, 0.05) is 0 Å². The molecule has 0 aliphatic carbocycles. The summed E-state index contributed by atoms with van der Waals surface area (Å²) in [7, 11) is 0. The molecule has 0 amide bonds. The van der Waals surface area contributed by atoms with Crippen molar-refractivity contribution in [2.24, 2.45) is 0 Å². The van der Waals surface area contributed by atoms with Crippen molar-refractivity contribution < 1.29 is 0 Å². The summed E-state index contributed by atoms with van der Waals surface area (Å²) in [4.78, 5) is 6.99. The standard InChI is InChI=1S/C9H8N2.C4H9N/c1-2-4-8(5-3-1)9-6-10-7-11-9;1-2-4-5-3-1/h1-7H,(H,10,11);5H,1-4H2. The van der Waals surface area contributed by atoms with Gasteiger partial charge in [-0.25, -0.2) is 4.98 Å². The third kappa shape index (κ3) is 3.21. The number of rotatable bonds is 1. The van der Waals surface area contributed by atoms with Crippen molar-refractivity contribution in [1.29, 1.82) is 0 Å². The van der Waals surface area contributed by atoms with Crippen molar-refractivity contribution in [3.63, 3.8) is 0 Å². The molecule has 0 spiro atoms. The van der Waals surface area contributed by atoms with E-state index in [2.05, 4.69) is 15.3 Å². The van der Waals surface area contributed by atoms with Gasteiger partial charge in [0.05, 0.1) is 18.2 Å². The van der Waals surface area contributed by atoms with Crippen LogP contribution < -0.4 is 5.32 Å². The fraction of sp³-hybridized carbons (Fsp3) is 0.308. The summed E-state index contributed by atoms with van der Waals surface area (Å²) in [6.07, 6.45) is 6.28. The van der Waals surface area contributed by atoms with Gasteiger partial charge in [-0.05, 0) is 31.5 Å². The van der Waals surface area contributed by atoms with E-state index in [-0.39, 0.29) is 0 Å². The van der Waals surface area contributed by atoms with E-state index in [0.29, 0.717) is 0 Å². The zero-order valence-electron chi connectivity index (χ0n) is 9.32. The minimum Gasteiger partial charge on any atom is -0.345 e. The van der Waals surface area contributed by atoms with Gasteiger partial charge in [0.2, 0.25) is 0 Å². The molecule has 1 aromatic heterocycles. The fourth-order valence-corrected chi connectivity index (χ4v) is 1.66. The summed E-state index contributed by atoms with van der Waals surface area (Å²) >= 11 is 0. The van der Waals surface area contributed by atoms with Crippen LogP contribution in [0.2, 0.25) is 0 Å². The van der Waals surface area contributed by atoms with Crippen LogP contribution in [0.1, 0.15) is 12.8 Å². The van der Waals surface area contributed by atoms with Crippen molar-refractivity contribution in [3.05, 3.63) is 42.9 Å². The van der Waals surface area contributed by atoms with Crippen LogP contribution in [-0.2, 0) is 0 Å². The van der Waals surface area contributed by atoms with Gasteiger partial charge in [0.25, 0.3) is 0 Å². The first-order valence-electron chi connectivity index (χ1n) is 5.71. The summed E-state index contributed by atoms with van der Waals surface area (Å²) < 4.78 is 0. The van der Waals surface area contributed by atoms with Gasteiger partial charge >= 0.3 is 0 Å². The molecular weight excluding hydrogens is 198 g/mol. The van der Waals surface area contributed by atoms with E-state index in [0.717, 1.165) is 5.69 Å². The number of benzene rings is 1. The lowest BCUT2D eigenvalue weighted by Crippen LogP contribution is -2.03. The van der Waals surface area contributed by atoms with Crippen LogP contribution in [0.15, 0.2) is 42.9 Å². The molecule has 0 radical (unpaired) electrons. The highest BCUT2D eigenvalue weighted by Crippen LogP contribution is 2.13. The predicted molar refractivity (Wildman–Crippen MR) is 66.1 cm³/mol. The predicted octanol–water partition coefficient (Wildman–Crippen LogP) is 2.45. The SMILES string of the molecule is C1CCNC1.c1ccc(-c2cnc[nH]2)cc1. The molecule has 3 heteroatoms. The maximum atomic E-state index is 3.94. The third-order valence-electron chi connectivity index (χ3n) is 2.54. The lowest BCUT2D eigenvalue weighted by atomic mass is 10.2. The van der Waals surface area contributed by atoms with Gasteiger partial charge in [-0.1, -0.05) is 30.3 Å². The summed E-state index contributed by atoms with van der Waals surface area (Å²) in [6.45, 7) is 2.50. The van der Waals surface area contributed by atoms with Crippen molar-refractivity contribution in [2.45, 2.75) is 12.8 Å². The zero-order chi connectivity index (χ0) is 11.1. The quantitative estimate of drug-likeness (QED) is 0.767. The molecule has 0 atom stereocenters. The first-order valence-corrected chi connectivity index (χ1v) is 5.71. The van der Waals surface area contributed by atoms with Crippen molar-refractivity contribution in [2.75, 3.05) is 13.1 Å². The second-order valence-electron chi connectivity index (χ2n) is 3.79. The number of imidazole rings is 1. The Morgan fingerprint density at radius 1 is 1.00 bits per heavy atom. The van der Waals surface area contributed by atoms with Gasteiger partial charge in [-0.3, -0.25) is 0 Å². The summed E-state index contributed by atoms with van der Waals surface area (Å²) in [6, 6.07) is 10.1. The molecule has 1 aliphatic heterocycles. The van der Waals surface area contributed by atoms with Crippen molar-refractivity contribution in [3.8, 4) is 11.3 Å². The third-order valence-corrected chi connectivity index (χ3v) is 2.54. The van der Waals surface area contributed by atoms with Gasteiger partial charge in [0.15, 0.2) is 0 Å². The molecule has 3 nitrogen and oxygen atoms in total. The molecule has 16 heavy (non-hydrogen) atoms. The number of H-pyrrole nitrogens is 1. The molecule has 0 unspecified atom stereocenters. The van der Waals surface area contributed by atoms with E-state index in [9.17, 15) is 0 Å². The number of nitrogens with zero attached hydrogens (tertiary/aromatic N) is 1. The Kier molecular flexibility index (Phi) is 4.14. The Morgan fingerprint density at radius 3 is 2.25 bits per heavy atom. The first kappa shape index (κ1) is 10.9.